The quantitative estimate of drug-likeness (QED) is 0.496. The van der Waals surface area contributed by atoms with Crippen LogP contribution in [-0.4, -0.2) is 33.9 Å². The van der Waals surface area contributed by atoms with Crippen LogP contribution < -0.4 is 10.1 Å². The van der Waals surface area contributed by atoms with Gasteiger partial charge < -0.3 is 14.5 Å². The van der Waals surface area contributed by atoms with Crippen LogP contribution in [0.3, 0.4) is 0 Å². The van der Waals surface area contributed by atoms with Gasteiger partial charge in [0.2, 0.25) is 0 Å². The number of amides is 1. The van der Waals surface area contributed by atoms with Crippen molar-refractivity contribution in [3.05, 3.63) is 68.1 Å². The van der Waals surface area contributed by atoms with Crippen LogP contribution in [-0.2, 0) is 6.42 Å². The Kier molecular flexibility index (Phi) is 5.48. The van der Waals surface area contributed by atoms with Crippen molar-refractivity contribution in [2.24, 2.45) is 0 Å². The predicted molar refractivity (Wildman–Crippen MR) is 101 cm³/mol. The van der Waals surface area contributed by atoms with Crippen LogP contribution in [0, 0.1) is 10.1 Å². The number of pyridine rings is 1. The fourth-order valence-electron chi connectivity index (χ4n) is 2.58. The molecule has 3 rings (SSSR count). The molecular formula is C17H14Cl2N4O4. The summed E-state index contributed by atoms with van der Waals surface area (Å²) >= 11 is 12.1. The minimum atomic E-state index is -0.596. The number of ether oxygens (including phenoxy) is 1. The summed E-state index contributed by atoms with van der Waals surface area (Å²) in [6.45, 7) is 0.299. The number of imidazole rings is 1. The molecule has 2 heterocycles. The molecule has 2 aromatic heterocycles. The van der Waals surface area contributed by atoms with E-state index in [1.165, 1.54) is 25.3 Å². The van der Waals surface area contributed by atoms with Crippen LogP contribution in [0.25, 0.3) is 5.65 Å². The van der Waals surface area contributed by atoms with E-state index in [0.717, 1.165) is 5.69 Å². The lowest BCUT2D eigenvalue weighted by molar-refractivity contribution is -0.385. The monoisotopic (exact) mass is 408 g/mol. The van der Waals surface area contributed by atoms with Crippen LogP contribution in [0.15, 0.2) is 36.7 Å². The summed E-state index contributed by atoms with van der Waals surface area (Å²) < 4.78 is 6.64. The van der Waals surface area contributed by atoms with E-state index in [4.69, 9.17) is 27.9 Å². The fraction of sp³-hybridized carbons (Fsp3) is 0.176. The Morgan fingerprint density at radius 2 is 2.11 bits per heavy atom. The Labute approximate surface area is 163 Å². The predicted octanol–water partition coefficient (Wildman–Crippen LogP) is 3.53. The number of nitro benzene ring substituents is 1. The first-order chi connectivity index (χ1) is 12.9. The van der Waals surface area contributed by atoms with Gasteiger partial charge in [0.05, 0.1) is 27.8 Å². The van der Waals surface area contributed by atoms with E-state index in [0.29, 0.717) is 28.7 Å². The molecule has 140 valence electrons. The van der Waals surface area contributed by atoms with E-state index in [-0.39, 0.29) is 17.0 Å². The minimum Gasteiger partial charge on any atom is -0.490 e. The highest BCUT2D eigenvalue weighted by atomic mass is 35.5. The summed E-state index contributed by atoms with van der Waals surface area (Å²) in [4.78, 5) is 27.1. The van der Waals surface area contributed by atoms with Crippen LogP contribution in [0.2, 0.25) is 10.0 Å². The number of rotatable bonds is 6. The largest absolute Gasteiger partial charge is 0.490 e. The Morgan fingerprint density at radius 1 is 1.33 bits per heavy atom. The summed E-state index contributed by atoms with van der Waals surface area (Å²) in [6.07, 6.45) is 3.92. The maximum atomic E-state index is 12.2. The molecule has 1 N–H and O–H groups in total. The molecule has 0 aliphatic carbocycles. The van der Waals surface area contributed by atoms with Crippen LogP contribution in [0.4, 0.5) is 5.69 Å². The first-order valence-corrected chi connectivity index (χ1v) is 8.58. The molecule has 0 aliphatic heterocycles. The molecule has 0 atom stereocenters. The molecule has 0 saturated carbocycles. The number of benzene rings is 1. The first-order valence-electron chi connectivity index (χ1n) is 7.82. The summed E-state index contributed by atoms with van der Waals surface area (Å²) in [6, 6.07) is 5.64. The number of hydrogen-bond donors (Lipinski definition) is 1. The molecule has 1 aromatic carbocycles. The lowest BCUT2D eigenvalue weighted by Gasteiger charge is -2.06. The number of carbonyl (C=O) groups is 1. The van der Waals surface area contributed by atoms with Crippen molar-refractivity contribution in [3.8, 4) is 5.75 Å². The minimum absolute atomic E-state index is 0.0942. The van der Waals surface area contributed by atoms with Crippen molar-refractivity contribution in [2.45, 2.75) is 6.42 Å². The molecule has 3 aromatic rings. The third kappa shape index (κ3) is 4.12. The molecule has 27 heavy (non-hydrogen) atoms. The average Bonchev–Trinajstić information content (AvgIpc) is 3.04. The van der Waals surface area contributed by atoms with Gasteiger partial charge in [0.25, 0.3) is 5.91 Å². The highest BCUT2D eigenvalue weighted by molar-refractivity contribution is 6.36. The summed E-state index contributed by atoms with van der Waals surface area (Å²) in [5, 5.41) is 14.7. The Hall–Kier alpha value is -2.84. The van der Waals surface area contributed by atoms with Crippen molar-refractivity contribution >= 4 is 40.4 Å². The summed E-state index contributed by atoms with van der Waals surface area (Å²) in [5.41, 5.74) is 1.21. The zero-order valence-electron chi connectivity index (χ0n) is 14.1. The second-order valence-electron chi connectivity index (χ2n) is 5.62. The van der Waals surface area contributed by atoms with Crippen LogP contribution in [0.5, 0.6) is 5.75 Å². The maximum Gasteiger partial charge on any atom is 0.311 e. The molecule has 0 bridgehead atoms. The number of nitro groups is 1. The van der Waals surface area contributed by atoms with Crippen molar-refractivity contribution < 1.29 is 14.5 Å². The second-order valence-corrected chi connectivity index (χ2v) is 6.46. The van der Waals surface area contributed by atoms with E-state index >= 15 is 0 Å². The van der Waals surface area contributed by atoms with Crippen LogP contribution in [0.1, 0.15) is 16.1 Å². The average molecular weight is 409 g/mol. The normalized spacial score (nSPS) is 10.8. The summed E-state index contributed by atoms with van der Waals surface area (Å²) in [7, 11) is 1.33. The van der Waals surface area contributed by atoms with Crippen molar-refractivity contribution in [1.29, 1.82) is 0 Å². The van der Waals surface area contributed by atoms with E-state index in [1.807, 2.05) is 0 Å². The van der Waals surface area contributed by atoms with Crippen molar-refractivity contribution in [1.82, 2.24) is 14.7 Å². The number of nitrogens with one attached hydrogen (secondary N) is 1. The highest BCUT2D eigenvalue weighted by Gasteiger charge is 2.18. The Morgan fingerprint density at radius 3 is 2.81 bits per heavy atom. The number of halogens is 2. The van der Waals surface area contributed by atoms with Gasteiger partial charge in [-0.25, -0.2) is 4.98 Å². The maximum absolute atomic E-state index is 12.2. The zero-order valence-corrected chi connectivity index (χ0v) is 15.6. The third-order valence-electron chi connectivity index (χ3n) is 3.83. The van der Waals surface area contributed by atoms with Gasteiger partial charge in [-0.3, -0.25) is 14.9 Å². The topological polar surface area (TPSA) is 98.8 Å². The van der Waals surface area contributed by atoms with E-state index in [9.17, 15) is 14.9 Å². The molecule has 0 fully saturated rings. The zero-order chi connectivity index (χ0) is 19.6. The first kappa shape index (κ1) is 18.9. The Balaban J connectivity index is 1.67. The van der Waals surface area contributed by atoms with Gasteiger partial charge in [-0.2, -0.15) is 0 Å². The van der Waals surface area contributed by atoms with Gasteiger partial charge in [-0.05, 0) is 18.2 Å². The summed E-state index contributed by atoms with van der Waals surface area (Å²) in [5.74, 6) is -0.331. The number of methoxy groups -OCH3 is 1. The molecule has 0 aliphatic rings. The number of fused-ring (bicyclic) bond motifs is 1. The smallest absolute Gasteiger partial charge is 0.311 e. The van der Waals surface area contributed by atoms with E-state index in [1.54, 1.807) is 22.9 Å². The van der Waals surface area contributed by atoms with Gasteiger partial charge >= 0.3 is 5.69 Å². The molecule has 0 spiro atoms. The fourth-order valence-corrected chi connectivity index (χ4v) is 3.10. The molecule has 1 amide bonds. The van der Waals surface area contributed by atoms with Gasteiger partial charge in [0.1, 0.15) is 0 Å². The van der Waals surface area contributed by atoms with Crippen molar-refractivity contribution in [3.63, 3.8) is 0 Å². The third-order valence-corrected chi connectivity index (χ3v) is 4.31. The van der Waals surface area contributed by atoms with Gasteiger partial charge in [-0.15, -0.1) is 0 Å². The standard InChI is InChI=1S/C17H14Cl2N4O4/c1-27-15-3-2-10(6-14(15)23(25)26)17(24)20-5-4-12-9-22-8-11(18)7-13(19)16(22)21-12/h2-3,6-9H,4-5H2,1H3,(H,20,24). The van der Waals surface area contributed by atoms with Gasteiger partial charge in [0, 0.05) is 37.0 Å². The number of carbonyl (C=O) groups excluding carboxylic acids is 1. The lowest BCUT2D eigenvalue weighted by Crippen LogP contribution is -2.25. The van der Waals surface area contributed by atoms with E-state index in [2.05, 4.69) is 10.3 Å². The molecule has 10 heteroatoms. The van der Waals surface area contributed by atoms with Gasteiger partial charge in [0.15, 0.2) is 11.4 Å². The number of nitrogens with zero attached hydrogens (tertiary/aromatic N) is 3. The van der Waals surface area contributed by atoms with E-state index < -0.39 is 10.8 Å². The Bertz CT molecular complexity index is 1040. The number of aromatic nitrogens is 2. The SMILES string of the molecule is COc1ccc(C(=O)NCCc2cn3cc(Cl)cc(Cl)c3n2)cc1[N+](=O)[O-]. The van der Waals surface area contributed by atoms with Crippen LogP contribution >= 0.6 is 23.2 Å². The molecule has 0 unspecified atom stereocenters. The molecular weight excluding hydrogens is 395 g/mol. The highest BCUT2D eigenvalue weighted by Crippen LogP contribution is 2.27. The molecule has 0 saturated heterocycles. The van der Waals surface area contributed by atoms with Crippen molar-refractivity contribution in [2.75, 3.05) is 13.7 Å². The second kappa shape index (κ2) is 7.81. The number of hydrogen-bond acceptors (Lipinski definition) is 5. The molecule has 0 radical (unpaired) electrons. The van der Waals surface area contributed by atoms with Gasteiger partial charge in [-0.1, -0.05) is 23.2 Å². The lowest BCUT2D eigenvalue weighted by atomic mass is 10.1. The molecule has 8 nitrogen and oxygen atoms in total.